The molecule has 5 heteroatoms. The summed E-state index contributed by atoms with van der Waals surface area (Å²) in [4.78, 5) is 14.7. The average molecular weight is 318 g/mol. The fraction of sp³-hybridized carbons (Fsp3) is 0.778. The lowest BCUT2D eigenvalue weighted by Crippen LogP contribution is -2.41. The van der Waals surface area contributed by atoms with Crippen molar-refractivity contribution < 1.29 is 4.79 Å². The fourth-order valence-corrected chi connectivity index (χ4v) is 3.83. The van der Waals surface area contributed by atoms with Crippen molar-refractivity contribution >= 4 is 5.91 Å². The number of aromatic nitrogens is 2. The molecule has 1 amide bonds. The van der Waals surface area contributed by atoms with Gasteiger partial charge in [-0.15, -0.1) is 0 Å². The number of rotatable bonds is 3. The molecule has 0 aromatic carbocycles. The van der Waals surface area contributed by atoms with Gasteiger partial charge in [0, 0.05) is 25.8 Å². The highest BCUT2D eigenvalue weighted by molar-refractivity contribution is 5.92. The zero-order chi connectivity index (χ0) is 16.4. The Morgan fingerprint density at radius 1 is 1.35 bits per heavy atom. The Bertz CT molecular complexity index is 535. The Hall–Kier alpha value is -1.36. The summed E-state index contributed by atoms with van der Waals surface area (Å²) in [5.41, 5.74) is 1.01. The molecule has 2 heterocycles. The lowest BCUT2D eigenvalue weighted by molar-refractivity contribution is 0.0628. The molecule has 1 atom stereocenters. The second-order valence-corrected chi connectivity index (χ2v) is 7.99. The Balaban J connectivity index is 1.62. The number of carbonyl (C=O) groups excluding carboxylic acids is 1. The van der Waals surface area contributed by atoms with Crippen LogP contribution in [0, 0.1) is 5.41 Å². The van der Waals surface area contributed by atoms with E-state index in [1.54, 1.807) is 0 Å². The van der Waals surface area contributed by atoms with Crippen LogP contribution in [-0.4, -0.2) is 46.8 Å². The fourth-order valence-electron chi connectivity index (χ4n) is 3.83. The highest BCUT2D eigenvalue weighted by atomic mass is 16.2. The SMILES string of the molecule is CN(C(=O)c1ccn(C2CCCNC2)n1)C1CCC(C)(C)CC1. The zero-order valence-electron chi connectivity index (χ0n) is 14.7. The maximum absolute atomic E-state index is 12.7. The van der Waals surface area contributed by atoms with Crippen molar-refractivity contribution in [1.29, 1.82) is 0 Å². The zero-order valence-corrected chi connectivity index (χ0v) is 14.7. The summed E-state index contributed by atoms with van der Waals surface area (Å²) in [7, 11) is 1.94. The maximum Gasteiger partial charge on any atom is 0.274 e. The number of nitrogens with one attached hydrogen (secondary N) is 1. The first-order chi connectivity index (χ1) is 11.0. The number of hydrogen-bond acceptors (Lipinski definition) is 3. The van der Waals surface area contributed by atoms with E-state index in [1.807, 2.05) is 28.9 Å². The average Bonchev–Trinajstić information content (AvgIpc) is 3.04. The first kappa shape index (κ1) is 16.5. The Labute approximate surface area is 139 Å². The van der Waals surface area contributed by atoms with Gasteiger partial charge in [0.15, 0.2) is 0 Å². The van der Waals surface area contributed by atoms with Gasteiger partial charge in [0.05, 0.1) is 6.04 Å². The summed E-state index contributed by atoms with van der Waals surface area (Å²) in [5, 5.41) is 7.96. The molecule has 1 aliphatic heterocycles. The first-order valence-electron chi connectivity index (χ1n) is 8.99. The van der Waals surface area contributed by atoms with Gasteiger partial charge in [0.25, 0.3) is 5.91 Å². The molecular weight excluding hydrogens is 288 g/mol. The number of amides is 1. The minimum absolute atomic E-state index is 0.0669. The van der Waals surface area contributed by atoms with Crippen LogP contribution < -0.4 is 5.32 Å². The molecule has 0 bridgehead atoms. The molecule has 128 valence electrons. The molecular formula is C18H30N4O. The standard InChI is InChI=1S/C18H30N4O/c1-18(2)9-6-14(7-10-18)21(3)17(23)16-8-12-22(20-16)15-5-4-11-19-13-15/h8,12,14-15,19H,4-7,9-11,13H2,1-3H3. The van der Waals surface area contributed by atoms with Gasteiger partial charge in [0.2, 0.25) is 0 Å². The molecule has 3 rings (SSSR count). The molecule has 1 unspecified atom stereocenters. The molecule has 1 saturated heterocycles. The second kappa shape index (κ2) is 6.63. The van der Waals surface area contributed by atoms with Gasteiger partial charge in [-0.05, 0) is 56.6 Å². The van der Waals surface area contributed by atoms with Gasteiger partial charge in [-0.1, -0.05) is 13.8 Å². The van der Waals surface area contributed by atoms with Gasteiger partial charge < -0.3 is 10.2 Å². The van der Waals surface area contributed by atoms with Crippen molar-refractivity contribution in [2.75, 3.05) is 20.1 Å². The summed E-state index contributed by atoms with van der Waals surface area (Å²) in [5.74, 6) is 0.0669. The van der Waals surface area contributed by atoms with Crippen LogP contribution in [0.4, 0.5) is 0 Å². The largest absolute Gasteiger partial charge is 0.337 e. The molecule has 2 aliphatic rings. The maximum atomic E-state index is 12.7. The molecule has 0 spiro atoms. The first-order valence-corrected chi connectivity index (χ1v) is 8.99. The summed E-state index contributed by atoms with van der Waals surface area (Å²) in [6.45, 7) is 6.68. The molecule has 23 heavy (non-hydrogen) atoms. The molecule has 1 aliphatic carbocycles. The highest BCUT2D eigenvalue weighted by Crippen LogP contribution is 2.36. The van der Waals surface area contributed by atoms with Crippen LogP contribution in [0.15, 0.2) is 12.3 Å². The van der Waals surface area contributed by atoms with Gasteiger partial charge in [0.1, 0.15) is 5.69 Å². The lowest BCUT2D eigenvalue weighted by atomic mass is 9.75. The van der Waals surface area contributed by atoms with E-state index in [4.69, 9.17) is 0 Å². The minimum Gasteiger partial charge on any atom is -0.337 e. The van der Waals surface area contributed by atoms with Crippen molar-refractivity contribution in [3.05, 3.63) is 18.0 Å². The van der Waals surface area contributed by atoms with Gasteiger partial charge in [-0.25, -0.2) is 0 Å². The smallest absolute Gasteiger partial charge is 0.274 e. The number of nitrogens with zero attached hydrogens (tertiary/aromatic N) is 3. The summed E-state index contributed by atoms with van der Waals surface area (Å²) in [6.07, 6.45) is 8.85. The monoisotopic (exact) mass is 318 g/mol. The van der Waals surface area contributed by atoms with Gasteiger partial charge in [-0.3, -0.25) is 9.48 Å². The van der Waals surface area contributed by atoms with E-state index >= 15 is 0 Å². The van der Waals surface area contributed by atoms with Crippen molar-refractivity contribution in [3.8, 4) is 0 Å². The van der Waals surface area contributed by atoms with Crippen molar-refractivity contribution in [2.24, 2.45) is 5.41 Å². The van der Waals surface area contributed by atoms with E-state index in [-0.39, 0.29) is 5.91 Å². The quantitative estimate of drug-likeness (QED) is 0.932. The summed E-state index contributed by atoms with van der Waals surface area (Å²) >= 11 is 0. The Kier molecular flexibility index (Phi) is 4.76. The minimum atomic E-state index is 0.0669. The van der Waals surface area contributed by atoms with Crippen LogP contribution in [0.25, 0.3) is 0 Å². The van der Waals surface area contributed by atoms with Crippen LogP contribution in [0.3, 0.4) is 0 Å². The third kappa shape index (κ3) is 3.77. The molecule has 1 aromatic rings. The van der Waals surface area contributed by atoms with Crippen molar-refractivity contribution in [2.45, 2.75) is 64.5 Å². The summed E-state index contributed by atoms with van der Waals surface area (Å²) in [6, 6.07) is 2.61. The van der Waals surface area contributed by atoms with Crippen LogP contribution >= 0.6 is 0 Å². The normalized spacial score (nSPS) is 25.3. The molecule has 1 aromatic heterocycles. The van der Waals surface area contributed by atoms with Crippen LogP contribution in [0.2, 0.25) is 0 Å². The van der Waals surface area contributed by atoms with Crippen LogP contribution in [-0.2, 0) is 0 Å². The van der Waals surface area contributed by atoms with E-state index in [0.717, 1.165) is 32.4 Å². The van der Waals surface area contributed by atoms with Crippen molar-refractivity contribution in [3.63, 3.8) is 0 Å². The third-order valence-corrected chi connectivity index (χ3v) is 5.65. The Morgan fingerprint density at radius 3 is 2.74 bits per heavy atom. The van der Waals surface area contributed by atoms with Crippen LogP contribution in [0.5, 0.6) is 0 Å². The van der Waals surface area contributed by atoms with Gasteiger partial charge >= 0.3 is 0 Å². The number of carbonyl (C=O) groups is 1. The van der Waals surface area contributed by atoms with Crippen LogP contribution in [0.1, 0.15) is 68.9 Å². The molecule has 1 saturated carbocycles. The molecule has 0 radical (unpaired) electrons. The van der Waals surface area contributed by atoms with E-state index < -0.39 is 0 Å². The topological polar surface area (TPSA) is 50.2 Å². The third-order valence-electron chi connectivity index (χ3n) is 5.65. The second-order valence-electron chi connectivity index (χ2n) is 7.99. The van der Waals surface area contributed by atoms with E-state index in [1.165, 1.54) is 19.3 Å². The van der Waals surface area contributed by atoms with E-state index in [9.17, 15) is 4.79 Å². The Morgan fingerprint density at radius 2 is 2.09 bits per heavy atom. The number of piperidine rings is 1. The molecule has 5 nitrogen and oxygen atoms in total. The molecule has 2 fully saturated rings. The predicted molar refractivity (Wildman–Crippen MR) is 91.5 cm³/mol. The number of hydrogen-bond donors (Lipinski definition) is 1. The predicted octanol–water partition coefficient (Wildman–Crippen LogP) is 2.85. The van der Waals surface area contributed by atoms with E-state index in [0.29, 0.717) is 23.2 Å². The summed E-state index contributed by atoms with van der Waals surface area (Å²) < 4.78 is 1.97. The van der Waals surface area contributed by atoms with Gasteiger partial charge in [-0.2, -0.15) is 5.10 Å². The molecule has 1 N–H and O–H groups in total. The highest BCUT2D eigenvalue weighted by Gasteiger charge is 2.31. The van der Waals surface area contributed by atoms with E-state index in [2.05, 4.69) is 24.3 Å². The van der Waals surface area contributed by atoms with Crippen molar-refractivity contribution in [1.82, 2.24) is 20.0 Å². The lowest BCUT2D eigenvalue weighted by Gasteiger charge is -2.38.